The summed E-state index contributed by atoms with van der Waals surface area (Å²) in [5, 5.41) is 2.34. The van der Waals surface area contributed by atoms with Gasteiger partial charge in [0.1, 0.15) is 0 Å². The molecule has 9 heteroatoms. The van der Waals surface area contributed by atoms with Gasteiger partial charge in [-0.3, -0.25) is 4.79 Å². The summed E-state index contributed by atoms with van der Waals surface area (Å²) in [6.45, 7) is -0.101. The molecule has 0 spiro atoms. The van der Waals surface area contributed by atoms with Crippen molar-refractivity contribution in [1.29, 1.82) is 0 Å². The first-order chi connectivity index (χ1) is 10.1. The highest BCUT2D eigenvalue weighted by molar-refractivity contribution is 7.88. The number of nitrogens with zero attached hydrogens (tertiary/aromatic N) is 1. The molecule has 0 unspecified atom stereocenters. The van der Waals surface area contributed by atoms with Gasteiger partial charge in [0.25, 0.3) is 0 Å². The van der Waals surface area contributed by atoms with Crippen LogP contribution in [0, 0.1) is 0 Å². The van der Waals surface area contributed by atoms with E-state index in [0.29, 0.717) is 0 Å². The molecule has 0 heterocycles. The van der Waals surface area contributed by atoms with E-state index in [4.69, 9.17) is 0 Å². The fourth-order valence-corrected chi connectivity index (χ4v) is 2.99. The fourth-order valence-electron chi connectivity index (χ4n) is 1.75. The maximum Gasteiger partial charge on any atom is 0.416 e. The van der Waals surface area contributed by atoms with Gasteiger partial charge in [0, 0.05) is 27.1 Å². The lowest BCUT2D eigenvalue weighted by Gasteiger charge is -2.18. The number of carbonyl (C=O) groups is 1. The van der Waals surface area contributed by atoms with Gasteiger partial charge in [0.15, 0.2) is 0 Å². The van der Waals surface area contributed by atoms with Crippen LogP contribution in [-0.4, -0.2) is 39.3 Å². The third kappa shape index (κ3) is 4.99. The first kappa shape index (κ1) is 18.4. The fraction of sp³-hybridized carbons (Fsp3) is 0.462. The molecule has 1 aromatic rings. The van der Waals surface area contributed by atoms with Crippen LogP contribution in [0.3, 0.4) is 0 Å². The van der Waals surface area contributed by atoms with Crippen molar-refractivity contribution in [2.75, 3.05) is 20.6 Å². The number of sulfonamides is 1. The Labute approximate surface area is 127 Å². The average Bonchev–Trinajstić information content (AvgIpc) is 2.43. The van der Waals surface area contributed by atoms with E-state index in [-0.39, 0.29) is 24.4 Å². The van der Waals surface area contributed by atoms with E-state index in [2.05, 4.69) is 5.32 Å². The van der Waals surface area contributed by atoms with Crippen molar-refractivity contribution in [1.82, 2.24) is 9.62 Å². The SMILES string of the molecule is CNC(=O)CCN(C)S(=O)(=O)Cc1ccccc1C(F)(F)F. The molecule has 0 aromatic heterocycles. The van der Waals surface area contributed by atoms with Crippen LogP contribution in [0.2, 0.25) is 0 Å². The number of nitrogens with one attached hydrogen (secondary N) is 1. The molecule has 1 rings (SSSR count). The third-order valence-electron chi connectivity index (χ3n) is 3.07. The summed E-state index contributed by atoms with van der Waals surface area (Å²) in [5.74, 6) is -1.12. The van der Waals surface area contributed by atoms with E-state index in [9.17, 15) is 26.4 Å². The number of rotatable bonds is 6. The predicted molar refractivity (Wildman–Crippen MR) is 75.4 cm³/mol. The second-order valence-corrected chi connectivity index (χ2v) is 6.73. The zero-order valence-electron chi connectivity index (χ0n) is 12.1. The Kier molecular flexibility index (Phi) is 5.95. The summed E-state index contributed by atoms with van der Waals surface area (Å²) in [6, 6.07) is 4.53. The Bertz CT molecular complexity index is 630. The minimum Gasteiger partial charge on any atom is -0.359 e. The zero-order valence-corrected chi connectivity index (χ0v) is 13.0. The Balaban J connectivity index is 2.92. The van der Waals surface area contributed by atoms with Gasteiger partial charge < -0.3 is 5.32 Å². The minimum absolute atomic E-state index is 0.0624. The number of carbonyl (C=O) groups excluding carboxylic acids is 1. The van der Waals surface area contributed by atoms with Crippen molar-refractivity contribution in [3.63, 3.8) is 0 Å². The maximum atomic E-state index is 12.9. The molecular weight excluding hydrogens is 321 g/mol. The van der Waals surface area contributed by atoms with E-state index in [1.165, 1.54) is 26.2 Å². The smallest absolute Gasteiger partial charge is 0.359 e. The van der Waals surface area contributed by atoms with Gasteiger partial charge in [0.05, 0.1) is 11.3 Å². The lowest BCUT2D eigenvalue weighted by atomic mass is 10.1. The summed E-state index contributed by atoms with van der Waals surface area (Å²) >= 11 is 0. The van der Waals surface area contributed by atoms with Crippen molar-refractivity contribution < 1.29 is 26.4 Å². The van der Waals surface area contributed by atoms with Gasteiger partial charge in [-0.05, 0) is 11.6 Å². The maximum absolute atomic E-state index is 12.9. The molecule has 0 saturated heterocycles. The van der Waals surface area contributed by atoms with Crippen LogP contribution in [-0.2, 0) is 26.7 Å². The Morgan fingerprint density at radius 1 is 1.27 bits per heavy atom. The summed E-state index contributed by atoms with van der Waals surface area (Å²) < 4.78 is 63.7. The average molecular weight is 338 g/mol. The molecule has 1 aromatic carbocycles. The van der Waals surface area contributed by atoms with Gasteiger partial charge in [-0.2, -0.15) is 13.2 Å². The molecule has 0 aliphatic carbocycles. The van der Waals surface area contributed by atoms with Crippen molar-refractivity contribution in [2.45, 2.75) is 18.3 Å². The van der Waals surface area contributed by atoms with Gasteiger partial charge >= 0.3 is 6.18 Å². The number of hydrogen-bond acceptors (Lipinski definition) is 3. The number of benzene rings is 1. The van der Waals surface area contributed by atoms with E-state index < -0.39 is 27.5 Å². The lowest BCUT2D eigenvalue weighted by molar-refractivity contribution is -0.138. The molecular formula is C13H17F3N2O3S. The van der Waals surface area contributed by atoms with Crippen molar-refractivity contribution in [3.8, 4) is 0 Å². The lowest BCUT2D eigenvalue weighted by Crippen LogP contribution is -2.32. The first-order valence-electron chi connectivity index (χ1n) is 6.37. The Morgan fingerprint density at radius 3 is 2.41 bits per heavy atom. The summed E-state index contributed by atoms with van der Waals surface area (Å²) in [5.41, 5.74) is -1.29. The van der Waals surface area contributed by atoms with Crippen LogP contribution in [0.5, 0.6) is 0 Å². The minimum atomic E-state index is -4.62. The van der Waals surface area contributed by atoms with Gasteiger partial charge in [0.2, 0.25) is 15.9 Å². The van der Waals surface area contributed by atoms with E-state index >= 15 is 0 Å². The van der Waals surface area contributed by atoms with Crippen LogP contribution >= 0.6 is 0 Å². The highest BCUT2D eigenvalue weighted by Crippen LogP contribution is 2.32. The van der Waals surface area contributed by atoms with Crippen LogP contribution in [0.15, 0.2) is 24.3 Å². The Morgan fingerprint density at radius 2 is 1.86 bits per heavy atom. The monoisotopic (exact) mass is 338 g/mol. The molecule has 0 fully saturated rings. The number of hydrogen-bond donors (Lipinski definition) is 1. The van der Waals surface area contributed by atoms with Crippen molar-refractivity contribution >= 4 is 15.9 Å². The number of halogens is 3. The molecule has 0 saturated carbocycles. The quantitative estimate of drug-likeness (QED) is 0.857. The molecule has 0 atom stereocenters. The van der Waals surface area contributed by atoms with Gasteiger partial charge in [-0.15, -0.1) is 0 Å². The second kappa shape index (κ2) is 7.10. The molecule has 0 aliphatic rings. The van der Waals surface area contributed by atoms with Crippen LogP contribution in [0.25, 0.3) is 0 Å². The van der Waals surface area contributed by atoms with Crippen LogP contribution in [0.1, 0.15) is 17.5 Å². The van der Waals surface area contributed by atoms with E-state index in [1.807, 2.05) is 0 Å². The van der Waals surface area contributed by atoms with Crippen molar-refractivity contribution in [3.05, 3.63) is 35.4 Å². The number of amides is 1. The van der Waals surface area contributed by atoms with Crippen LogP contribution < -0.4 is 5.32 Å². The highest BCUT2D eigenvalue weighted by atomic mass is 32.2. The normalized spacial score (nSPS) is 12.5. The largest absolute Gasteiger partial charge is 0.416 e. The molecule has 1 N–H and O–H groups in total. The van der Waals surface area contributed by atoms with Gasteiger partial charge in [-0.1, -0.05) is 18.2 Å². The standard InChI is InChI=1S/C13H17F3N2O3S/c1-17-12(19)7-8-18(2)22(20,21)9-10-5-3-4-6-11(10)13(14,15)16/h3-6H,7-9H2,1-2H3,(H,17,19). The number of alkyl halides is 3. The van der Waals surface area contributed by atoms with E-state index in [1.54, 1.807) is 0 Å². The molecule has 5 nitrogen and oxygen atoms in total. The molecule has 0 bridgehead atoms. The van der Waals surface area contributed by atoms with Gasteiger partial charge in [-0.25, -0.2) is 12.7 Å². The second-order valence-electron chi connectivity index (χ2n) is 4.66. The first-order valence-corrected chi connectivity index (χ1v) is 7.98. The summed E-state index contributed by atoms with van der Waals surface area (Å²) in [7, 11) is -1.30. The van der Waals surface area contributed by atoms with E-state index in [0.717, 1.165) is 16.4 Å². The van der Waals surface area contributed by atoms with Crippen molar-refractivity contribution in [2.24, 2.45) is 0 Å². The highest BCUT2D eigenvalue weighted by Gasteiger charge is 2.34. The topological polar surface area (TPSA) is 66.5 Å². The molecule has 1 amide bonds. The predicted octanol–water partition coefficient (Wildman–Crippen LogP) is 1.60. The third-order valence-corrected chi connectivity index (χ3v) is 4.88. The van der Waals surface area contributed by atoms with Crippen LogP contribution in [0.4, 0.5) is 13.2 Å². The zero-order chi connectivity index (χ0) is 17.0. The Hall–Kier alpha value is -1.61. The molecule has 124 valence electrons. The summed E-state index contributed by atoms with van der Waals surface area (Å²) in [6.07, 6.45) is -4.68. The molecule has 0 radical (unpaired) electrons. The molecule has 22 heavy (non-hydrogen) atoms. The molecule has 0 aliphatic heterocycles. The summed E-state index contributed by atoms with van der Waals surface area (Å²) in [4.78, 5) is 11.1.